The highest BCUT2D eigenvalue weighted by Gasteiger charge is 2.53. The maximum Gasteiger partial charge on any atom is 0.326 e. The van der Waals surface area contributed by atoms with Gasteiger partial charge in [0.05, 0.1) is 17.5 Å². The summed E-state index contributed by atoms with van der Waals surface area (Å²) in [6.07, 6.45) is 1.64. The van der Waals surface area contributed by atoms with E-state index in [0.717, 1.165) is 6.42 Å². The van der Waals surface area contributed by atoms with Crippen LogP contribution in [0, 0.1) is 17.5 Å². The Kier molecular flexibility index (Phi) is 6.95. The Hall–Kier alpha value is -2.53. The highest BCUT2D eigenvalue weighted by molar-refractivity contribution is 7.61. The third-order valence-electron chi connectivity index (χ3n) is 5.96. The van der Waals surface area contributed by atoms with Crippen molar-refractivity contribution in [3.63, 3.8) is 0 Å². The average Bonchev–Trinajstić information content (AvgIpc) is 2.80. The van der Waals surface area contributed by atoms with E-state index in [1.807, 2.05) is 6.92 Å². The van der Waals surface area contributed by atoms with Crippen molar-refractivity contribution in [3.05, 3.63) is 82.2 Å². The fraction of sp³-hybridized carbons (Fsp3) is 0.308. The predicted octanol–water partition coefficient (Wildman–Crippen LogP) is 7.96. The fourth-order valence-electron chi connectivity index (χ4n) is 4.29. The molecule has 0 radical (unpaired) electrons. The Labute approximate surface area is 195 Å². The minimum absolute atomic E-state index is 0.0243. The van der Waals surface area contributed by atoms with Crippen molar-refractivity contribution in [1.29, 1.82) is 0 Å². The number of hydrogen-bond donors (Lipinski definition) is 0. The van der Waals surface area contributed by atoms with E-state index in [-0.39, 0.29) is 47.7 Å². The summed E-state index contributed by atoms with van der Waals surface area (Å²) in [4.78, 5) is 0. The zero-order chi connectivity index (χ0) is 24.6. The second kappa shape index (κ2) is 9.61. The zero-order valence-electron chi connectivity index (χ0n) is 18.7. The van der Waals surface area contributed by atoms with Gasteiger partial charge in [-0.3, -0.25) is 0 Å². The number of aryl methyl sites for hydroxylation is 3. The number of fused-ring (bicyclic) bond motifs is 3. The van der Waals surface area contributed by atoms with Crippen molar-refractivity contribution >= 4 is 13.5 Å². The van der Waals surface area contributed by atoms with Gasteiger partial charge in [-0.25, -0.2) is 17.4 Å². The van der Waals surface area contributed by atoms with E-state index in [0.29, 0.717) is 17.5 Å². The van der Waals surface area contributed by atoms with E-state index >= 15 is 17.4 Å². The van der Waals surface area contributed by atoms with Crippen LogP contribution in [0.2, 0.25) is 0 Å². The molecule has 0 spiro atoms. The number of ether oxygens (including phenoxy) is 1. The molecule has 0 aromatic heterocycles. The molecule has 3 aromatic rings. The van der Waals surface area contributed by atoms with Gasteiger partial charge in [0.2, 0.25) is 0 Å². The van der Waals surface area contributed by atoms with Gasteiger partial charge in [-0.2, -0.15) is 8.78 Å². The van der Waals surface area contributed by atoms with Crippen LogP contribution in [0.25, 0.3) is 11.1 Å². The molecule has 1 aliphatic heterocycles. The number of rotatable bonds is 7. The average molecular weight is 496 g/mol. The smallest absolute Gasteiger partial charge is 0.326 e. The van der Waals surface area contributed by atoms with Crippen LogP contribution in [0.4, 0.5) is 26.1 Å². The third-order valence-corrected chi connectivity index (χ3v) is 7.50. The summed E-state index contributed by atoms with van der Waals surface area (Å²) in [5.74, 6) is -3.07. The maximum atomic E-state index is 15.3. The van der Waals surface area contributed by atoms with Crippen molar-refractivity contribution in [2.24, 2.45) is 0 Å². The topological polar surface area (TPSA) is 9.23 Å². The first-order valence-electron chi connectivity index (χ1n) is 11.1. The Morgan fingerprint density at radius 3 is 2.21 bits per heavy atom. The van der Waals surface area contributed by atoms with Crippen molar-refractivity contribution in [1.82, 2.24) is 0 Å². The normalized spacial score (nSPS) is 16.2. The Morgan fingerprint density at radius 1 is 0.824 bits per heavy atom. The summed E-state index contributed by atoms with van der Waals surface area (Å²) < 4.78 is 94.7. The zero-order valence-corrected chi connectivity index (χ0v) is 19.6. The summed E-state index contributed by atoms with van der Waals surface area (Å²) >= 11 is 0. The molecule has 1 unspecified atom stereocenters. The van der Waals surface area contributed by atoms with Crippen LogP contribution in [-0.2, 0) is 24.9 Å². The summed E-state index contributed by atoms with van der Waals surface area (Å²) in [7, 11) is -3.86. The molecule has 0 bridgehead atoms. The van der Waals surface area contributed by atoms with E-state index in [1.54, 1.807) is 19.1 Å². The highest BCUT2D eigenvalue weighted by Crippen LogP contribution is 2.65. The lowest BCUT2D eigenvalue weighted by Crippen LogP contribution is -2.28. The molecular weight excluding hydrogens is 473 g/mol. The summed E-state index contributed by atoms with van der Waals surface area (Å²) in [5, 5.41) is -0.770. The lowest BCUT2D eigenvalue weighted by molar-refractivity contribution is 0.0882. The van der Waals surface area contributed by atoms with Gasteiger partial charge in [-0.05, 0) is 72.2 Å². The molecule has 1 aliphatic rings. The maximum absolute atomic E-state index is 15.3. The van der Waals surface area contributed by atoms with Crippen LogP contribution in [0.5, 0.6) is 5.75 Å². The standard InChI is InChI=1S/C26H23F6OP/c1-3-5-16-8-6-15(14-20(16)27)7-9-17-10-11-18-19-12-13-21(33-4-2)24(29)25(19)34(32)26(30,31)22(18)23(17)28/h6,8,10-14H,3-5,7,9H2,1-2H3. The molecule has 0 amide bonds. The van der Waals surface area contributed by atoms with E-state index in [4.69, 9.17) is 4.74 Å². The predicted molar refractivity (Wildman–Crippen MR) is 122 cm³/mol. The first-order chi connectivity index (χ1) is 16.2. The molecule has 1 nitrogen and oxygen atoms in total. The van der Waals surface area contributed by atoms with E-state index in [1.165, 1.54) is 30.3 Å². The number of halogens is 6. The molecule has 1 heterocycles. The first kappa shape index (κ1) is 24.6. The number of hydrogen-bond acceptors (Lipinski definition) is 1. The number of benzene rings is 3. The summed E-state index contributed by atoms with van der Waals surface area (Å²) in [5.41, 5.74) is -4.46. The van der Waals surface area contributed by atoms with Crippen molar-refractivity contribution < 1.29 is 30.9 Å². The second-order valence-electron chi connectivity index (χ2n) is 8.17. The molecule has 0 saturated carbocycles. The molecule has 0 fully saturated rings. The van der Waals surface area contributed by atoms with Crippen molar-refractivity contribution in [2.75, 3.05) is 6.61 Å². The molecule has 0 N–H and O–H groups in total. The van der Waals surface area contributed by atoms with Crippen LogP contribution in [0.1, 0.15) is 42.5 Å². The van der Waals surface area contributed by atoms with Gasteiger partial charge in [-0.15, -0.1) is 0 Å². The van der Waals surface area contributed by atoms with Gasteiger partial charge in [0, 0.05) is 0 Å². The monoisotopic (exact) mass is 496 g/mol. The Bertz CT molecular complexity index is 1230. The molecule has 8 heteroatoms. The van der Waals surface area contributed by atoms with Gasteiger partial charge >= 0.3 is 5.66 Å². The molecule has 4 rings (SSSR count). The van der Waals surface area contributed by atoms with Crippen LogP contribution < -0.4 is 10.0 Å². The largest absolute Gasteiger partial charge is 0.491 e. The quantitative estimate of drug-likeness (QED) is 0.238. The molecule has 0 saturated heterocycles. The number of alkyl halides is 2. The minimum Gasteiger partial charge on any atom is -0.491 e. The molecule has 180 valence electrons. The lowest BCUT2D eigenvalue weighted by atomic mass is 9.93. The molecule has 0 aliphatic carbocycles. The van der Waals surface area contributed by atoms with Crippen LogP contribution in [0.3, 0.4) is 0 Å². The van der Waals surface area contributed by atoms with Crippen LogP contribution >= 0.6 is 8.23 Å². The van der Waals surface area contributed by atoms with E-state index < -0.39 is 36.4 Å². The second-order valence-corrected chi connectivity index (χ2v) is 9.74. The minimum atomic E-state index is -4.21. The van der Waals surface area contributed by atoms with Crippen LogP contribution in [-0.4, -0.2) is 6.61 Å². The summed E-state index contributed by atoms with van der Waals surface area (Å²) in [6.45, 7) is 3.61. The molecule has 1 atom stereocenters. The van der Waals surface area contributed by atoms with Gasteiger partial charge in [0.1, 0.15) is 11.6 Å². The fourth-order valence-corrected chi connectivity index (χ4v) is 5.67. The Morgan fingerprint density at radius 2 is 1.53 bits per heavy atom. The molecule has 3 aromatic carbocycles. The Balaban J connectivity index is 1.71. The van der Waals surface area contributed by atoms with Gasteiger partial charge in [0.15, 0.2) is 19.8 Å². The summed E-state index contributed by atoms with van der Waals surface area (Å²) in [6, 6.07) is 9.90. The first-order valence-corrected chi connectivity index (χ1v) is 12.3. The molecular formula is C26H23F6OP. The van der Waals surface area contributed by atoms with Gasteiger partial charge < -0.3 is 4.74 Å². The van der Waals surface area contributed by atoms with E-state index in [9.17, 15) is 8.78 Å². The third kappa shape index (κ3) is 4.19. The van der Waals surface area contributed by atoms with Crippen molar-refractivity contribution in [2.45, 2.75) is 45.2 Å². The van der Waals surface area contributed by atoms with Gasteiger partial charge in [0.25, 0.3) is 0 Å². The van der Waals surface area contributed by atoms with Gasteiger partial charge in [-0.1, -0.05) is 37.6 Å². The molecule has 34 heavy (non-hydrogen) atoms. The SMILES string of the molecule is CCCc1ccc(CCc2ccc3c(c2F)C(F)(F)P(F)c2c-3ccc(OCC)c2F)cc1F. The lowest BCUT2D eigenvalue weighted by Gasteiger charge is -2.31. The van der Waals surface area contributed by atoms with E-state index in [2.05, 4.69) is 0 Å². The van der Waals surface area contributed by atoms with Crippen LogP contribution in [0.15, 0.2) is 42.5 Å². The highest BCUT2D eigenvalue weighted by atomic mass is 31.2. The van der Waals surface area contributed by atoms with Crippen molar-refractivity contribution in [3.8, 4) is 16.9 Å².